The first kappa shape index (κ1) is 17.5. The molecule has 0 aliphatic heterocycles. The van der Waals surface area contributed by atoms with Crippen LogP contribution in [-0.4, -0.2) is 10.9 Å². The molecule has 26 heavy (non-hydrogen) atoms. The Morgan fingerprint density at radius 2 is 1.96 bits per heavy atom. The second kappa shape index (κ2) is 7.30. The number of nitrogens with one attached hydrogen (secondary N) is 2. The average molecular weight is 361 g/mol. The Morgan fingerprint density at radius 3 is 2.62 bits per heavy atom. The molecule has 0 saturated heterocycles. The third-order valence-corrected chi connectivity index (χ3v) is 3.50. The van der Waals surface area contributed by atoms with Gasteiger partial charge in [-0.05, 0) is 42.5 Å². The van der Waals surface area contributed by atoms with Gasteiger partial charge in [0.25, 0.3) is 5.91 Å². The molecule has 0 fully saturated rings. The monoisotopic (exact) mass is 361 g/mol. The van der Waals surface area contributed by atoms with Crippen molar-refractivity contribution >= 4 is 17.4 Å². The van der Waals surface area contributed by atoms with Gasteiger partial charge in [0.2, 0.25) is 0 Å². The Labute approximate surface area is 146 Å². The van der Waals surface area contributed by atoms with Crippen molar-refractivity contribution < 1.29 is 22.4 Å². The number of carbonyl (C=O) groups is 1. The minimum atomic E-state index is -4.47. The first-order valence-electron chi connectivity index (χ1n) is 7.63. The molecule has 0 radical (unpaired) electrons. The van der Waals surface area contributed by atoms with E-state index < -0.39 is 17.6 Å². The zero-order valence-electron chi connectivity index (χ0n) is 13.4. The highest BCUT2D eigenvalue weighted by molar-refractivity contribution is 6.04. The van der Waals surface area contributed by atoms with E-state index in [-0.39, 0.29) is 11.3 Å². The number of alkyl halides is 3. The number of anilines is 2. The van der Waals surface area contributed by atoms with Crippen LogP contribution in [0.25, 0.3) is 0 Å². The van der Waals surface area contributed by atoms with Gasteiger partial charge >= 0.3 is 6.18 Å². The molecule has 0 saturated carbocycles. The fraction of sp³-hybridized carbons (Fsp3) is 0.111. The molecule has 2 heterocycles. The number of rotatable bonds is 5. The molecular formula is C18H14F3N3O2. The van der Waals surface area contributed by atoms with Crippen LogP contribution in [0.1, 0.15) is 21.7 Å². The number of amides is 1. The minimum Gasteiger partial charge on any atom is -0.467 e. The summed E-state index contributed by atoms with van der Waals surface area (Å²) in [5.41, 5.74) is -0.540. The van der Waals surface area contributed by atoms with Crippen molar-refractivity contribution in [2.24, 2.45) is 0 Å². The molecule has 8 heteroatoms. The maximum atomic E-state index is 12.7. The zero-order valence-corrected chi connectivity index (χ0v) is 13.4. The molecule has 3 aromatic rings. The molecule has 2 N–H and O–H groups in total. The quantitative estimate of drug-likeness (QED) is 0.699. The number of carbonyl (C=O) groups excluding carboxylic acids is 1. The van der Waals surface area contributed by atoms with Crippen LogP contribution in [-0.2, 0) is 12.7 Å². The summed E-state index contributed by atoms with van der Waals surface area (Å²) in [7, 11) is 0. The van der Waals surface area contributed by atoms with Crippen LogP contribution in [0.4, 0.5) is 24.7 Å². The Morgan fingerprint density at radius 1 is 1.12 bits per heavy atom. The van der Waals surface area contributed by atoms with Crippen LogP contribution < -0.4 is 10.6 Å². The molecule has 0 atom stereocenters. The van der Waals surface area contributed by atoms with Crippen molar-refractivity contribution in [1.29, 1.82) is 0 Å². The van der Waals surface area contributed by atoms with E-state index in [0.717, 1.165) is 17.9 Å². The van der Waals surface area contributed by atoms with Gasteiger partial charge < -0.3 is 15.1 Å². The van der Waals surface area contributed by atoms with E-state index in [9.17, 15) is 18.0 Å². The number of halogens is 3. The van der Waals surface area contributed by atoms with E-state index in [1.165, 1.54) is 24.4 Å². The van der Waals surface area contributed by atoms with Gasteiger partial charge in [0.1, 0.15) is 11.6 Å². The predicted octanol–water partition coefficient (Wildman–Crippen LogP) is 4.56. The van der Waals surface area contributed by atoms with E-state index in [4.69, 9.17) is 4.42 Å². The maximum absolute atomic E-state index is 12.7. The minimum absolute atomic E-state index is 0.0600. The molecule has 2 aromatic heterocycles. The lowest BCUT2D eigenvalue weighted by molar-refractivity contribution is -0.137. The molecule has 1 amide bonds. The van der Waals surface area contributed by atoms with Crippen molar-refractivity contribution in [2.75, 3.05) is 10.6 Å². The summed E-state index contributed by atoms with van der Waals surface area (Å²) in [5, 5.41) is 5.46. The van der Waals surface area contributed by atoms with Gasteiger partial charge in [-0.15, -0.1) is 0 Å². The topological polar surface area (TPSA) is 67.2 Å². The number of aromatic nitrogens is 1. The van der Waals surface area contributed by atoms with Crippen molar-refractivity contribution in [3.05, 3.63) is 77.9 Å². The van der Waals surface area contributed by atoms with Gasteiger partial charge in [-0.1, -0.05) is 6.07 Å². The lowest BCUT2D eigenvalue weighted by Gasteiger charge is -2.10. The largest absolute Gasteiger partial charge is 0.467 e. The zero-order chi connectivity index (χ0) is 18.6. The molecule has 0 aliphatic carbocycles. The number of benzene rings is 1. The van der Waals surface area contributed by atoms with Crippen molar-refractivity contribution in [3.63, 3.8) is 0 Å². The molecule has 0 bridgehead atoms. The molecule has 0 spiro atoms. The molecular weight excluding hydrogens is 347 g/mol. The maximum Gasteiger partial charge on any atom is 0.416 e. The van der Waals surface area contributed by atoms with Crippen LogP contribution in [0, 0.1) is 0 Å². The summed E-state index contributed by atoms with van der Waals surface area (Å²) in [4.78, 5) is 16.3. The van der Waals surface area contributed by atoms with Crippen molar-refractivity contribution in [3.8, 4) is 0 Å². The third-order valence-electron chi connectivity index (χ3n) is 3.50. The summed E-state index contributed by atoms with van der Waals surface area (Å²) in [5.74, 6) is 0.726. The number of pyridine rings is 1. The molecule has 0 aliphatic rings. The summed E-state index contributed by atoms with van der Waals surface area (Å²) in [6.07, 6.45) is -1.57. The highest BCUT2D eigenvalue weighted by atomic mass is 19.4. The molecule has 3 rings (SSSR count). The van der Waals surface area contributed by atoms with Gasteiger partial charge in [0, 0.05) is 11.9 Å². The Bertz CT molecular complexity index is 875. The van der Waals surface area contributed by atoms with Crippen LogP contribution in [0.5, 0.6) is 0 Å². The van der Waals surface area contributed by atoms with Crippen LogP contribution in [0.15, 0.2) is 65.4 Å². The second-order valence-electron chi connectivity index (χ2n) is 5.40. The lowest BCUT2D eigenvalue weighted by Crippen LogP contribution is -2.13. The number of hydrogen-bond acceptors (Lipinski definition) is 4. The molecule has 134 valence electrons. The van der Waals surface area contributed by atoms with E-state index in [2.05, 4.69) is 15.6 Å². The highest BCUT2D eigenvalue weighted by Crippen LogP contribution is 2.30. The third kappa shape index (κ3) is 4.41. The van der Waals surface area contributed by atoms with E-state index in [1.807, 2.05) is 6.07 Å². The van der Waals surface area contributed by atoms with Crippen LogP contribution >= 0.6 is 0 Å². The van der Waals surface area contributed by atoms with E-state index in [0.29, 0.717) is 12.4 Å². The van der Waals surface area contributed by atoms with Crippen molar-refractivity contribution in [2.45, 2.75) is 12.7 Å². The van der Waals surface area contributed by atoms with Gasteiger partial charge in [-0.2, -0.15) is 13.2 Å². The standard InChI is InChI=1S/C18H14F3N3O2/c19-18(20,21)13-3-1-4-14(9-13)24-17(25)12-6-7-16(22-10-12)23-11-15-5-2-8-26-15/h1-10H,11H2,(H,22,23)(H,24,25). The molecule has 0 unspecified atom stereocenters. The Balaban J connectivity index is 1.63. The first-order valence-corrected chi connectivity index (χ1v) is 7.63. The fourth-order valence-corrected chi connectivity index (χ4v) is 2.20. The van der Waals surface area contributed by atoms with E-state index in [1.54, 1.807) is 18.4 Å². The van der Waals surface area contributed by atoms with Gasteiger partial charge in [0.15, 0.2) is 0 Å². The SMILES string of the molecule is O=C(Nc1cccc(C(F)(F)F)c1)c1ccc(NCc2ccco2)nc1. The number of furan rings is 1. The van der Waals surface area contributed by atoms with Crippen molar-refractivity contribution in [1.82, 2.24) is 4.98 Å². The summed E-state index contributed by atoms with van der Waals surface area (Å²) >= 11 is 0. The second-order valence-corrected chi connectivity index (χ2v) is 5.40. The number of hydrogen-bond donors (Lipinski definition) is 2. The molecule has 1 aromatic carbocycles. The summed E-state index contributed by atoms with van der Waals surface area (Å²) < 4.78 is 43.3. The summed E-state index contributed by atoms with van der Waals surface area (Å²) in [6, 6.07) is 11.2. The average Bonchev–Trinajstić information content (AvgIpc) is 3.13. The van der Waals surface area contributed by atoms with Gasteiger partial charge in [-0.25, -0.2) is 4.98 Å². The van der Waals surface area contributed by atoms with Crippen LogP contribution in [0.2, 0.25) is 0 Å². The Kier molecular flexibility index (Phi) is 4.92. The predicted molar refractivity (Wildman–Crippen MR) is 89.7 cm³/mol. The molecule has 5 nitrogen and oxygen atoms in total. The number of nitrogens with zero attached hydrogens (tertiary/aromatic N) is 1. The van der Waals surface area contributed by atoms with Gasteiger partial charge in [0.05, 0.1) is 23.9 Å². The van der Waals surface area contributed by atoms with Gasteiger partial charge in [-0.3, -0.25) is 4.79 Å². The first-order chi connectivity index (χ1) is 12.4. The smallest absolute Gasteiger partial charge is 0.416 e. The summed E-state index contributed by atoms with van der Waals surface area (Å²) in [6.45, 7) is 0.440. The van der Waals surface area contributed by atoms with Crippen LogP contribution in [0.3, 0.4) is 0 Å². The normalized spacial score (nSPS) is 11.2. The lowest BCUT2D eigenvalue weighted by atomic mass is 10.2. The Hall–Kier alpha value is -3.29. The van der Waals surface area contributed by atoms with E-state index >= 15 is 0 Å². The highest BCUT2D eigenvalue weighted by Gasteiger charge is 2.30. The fourth-order valence-electron chi connectivity index (χ4n) is 2.20.